The normalized spacial score (nSPS) is 17.6. The number of hydrogen-bond donors (Lipinski definition) is 2. The highest BCUT2D eigenvalue weighted by atomic mass is 35.5. The molecule has 8 nitrogen and oxygen atoms in total. The van der Waals surface area contributed by atoms with Gasteiger partial charge in [-0.15, -0.1) is 0 Å². The lowest BCUT2D eigenvalue weighted by Gasteiger charge is -2.21. The summed E-state index contributed by atoms with van der Waals surface area (Å²) in [6.07, 6.45) is 0.965. The third kappa shape index (κ3) is 4.29. The van der Waals surface area contributed by atoms with E-state index in [2.05, 4.69) is 17.2 Å². The maximum absolute atomic E-state index is 11.3. The van der Waals surface area contributed by atoms with Gasteiger partial charge in [-0.2, -0.15) is 15.6 Å². The van der Waals surface area contributed by atoms with Crippen molar-refractivity contribution >= 4 is 35.0 Å². The Bertz CT molecular complexity index is 1460. The summed E-state index contributed by atoms with van der Waals surface area (Å²) in [6, 6.07) is 20.2. The molecule has 3 N–H and O–H groups in total. The predicted molar refractivity (Wildman–Crippen MR) is 134 cm³/mol. The number of para-hydroxylation sites is 1. The van der Waals surface area contributed by atoms with Crippen molar-refractivity contribution in [2.45, 2.75) is 20.0 Å². The van der Waals surface area contributed by atoms with Gasteiger partial charge in [0.05, 0.1) is 33.6 Å². The van der Waals surface area contributed by atoms with E-state index >= 15 is 0 Å². The minimum atomic E-state index is -1.10. The molecule has 0 bridgehead atoms. The van der Waals surface area contributed by atoms with E-state index in [0.29, 0.717) is 11.4 Å². The summed E-state index contributed by atoms with van der Waals surface area (Å²) in [5.41, 5.74) is 10.7. The predicted octanol–water partition coefficient (Wildman–Crippen LogP) is 4.65. The van der Waals surface area contributed by atoms with Gasteiger partial charge in [0.1, 0.15) is 18.2 Å². The number of carbonyl (C=O) groups is 1. The number of rotatable bonds is 5. The van der Waals surface area contributed by atoms with E-state index in [0.717, 1.165) is 22.6 Å². The quantitative estimate of drug-likeness (QED) is 0.506. The topological polar surface area (TPSA) is 131 Å². The minimum Gasteiger partial charge on any atom is -0.478 e. The zero-order valence-corrected chi connectivity index (χ0v) is 19.7. The number of allylic oxidation sites excluding steroid dienone is 1. The lowest BCUT2D eigenvalue weighted by molar-refractivity contribution is 0.0697. The van der Waals surface area contributed by atoms with Crippen LogP contribution in [0.25, 0.3) is 11.8 Å². The van der Waals surface area contributed by atoms with Crippen molar-refractivity contribution in [3.63, 3.8) is 0 Å². The molecule has 1 aromatic heterocycles. The number of aromatic carboxylic acids is 1. The molecule has 4 rings (SSSR count). The van der Waals surface area contributed by atoms with Crippen molar-refractivity contribution in [2.75, 3.05) is 5.01 Å². The van der Waals surface area contributed by atoms with E-state index in [4.69, 9.17) is 17.3 Å². The number of halogens is 1. The van der Waals surface area contributed by atoms with Crippen LogP contribution in [0, 0.1) is 42.4 Å². The Labute approximate surface area is 207 Å². The van der Waals surface area contributed by atoms with Gasteiger partial charge in [0.15, 0.2) is 0 Å². The fraction of sp³-hybridized carbons (Fsp3) is 0.154. The number of hydrazone groups is 1. The van der Waals surface area contributed by atoms with Crippen LogP contribution in [0.3, 0.4) is 0 Å². The van der Waals surface area contributed by atoms with E-state index in [1.165, 1.54) is 6.07 Å². The fourth-order valence-electron chi connectivity index (χ4n) is 4.18. The first kappa shape index (κ1) is 23.8. The van der Waals surface area contributed by atoms with E-state index in [1.54, 1.807) is 23.2 Å². The van der Waals surface area contributed by atoms with Crippen LogP contribution in [0.4, 0.5) is 5.69 Å². The highest BCUT2D eigenvalue weighted by molar-refractivity contribution is 6.33. The third-order valence-electron chi connectivity index (χ3n) is 5.90. The van der Waals surface area contributed by atoms with Crippen molar-refractivity contribution in [3.05, 3.63) is 87.7 Å². The van der Waals surface area contributed by atoms with Gasteiger partial charge in [-0.3, -0.25) is 0 Å². The molecular formula is C26H21ClN6O2. The van der Waals surface area contributed by atoms with Crippen LogP contribution in [0.15, 0.2) is 65.3 Å². The van der Waals surface area contributed by atoms with E-state index < -0.39 is 18.1 Å². The van der Waals surface area contributed by atoms with Gasteiger partial charge in [-0.25, -0.2) is 9.80 Å². The molecule has 3 aromatic rings. The van der Waals surface area contributed by atoms with Crippen LogP contribution in [0.5, 0.6) is 0 Å². The molecule has 0 unspecified atom stereocenters. The van der Waals surface area contributed by atoms with Crippen molar-refractivity contribution in [1.82, 2.24) is 4.57 Å². The van der Waals surface area contributed by atoms with Crippen LogP contribution >= 0.6 is 11.6 Å². The highest BCUT2D eigenvalue weighted by Crippen LogP contribution is 2.30. The van der Waals surface area contributed by atoms with E-state index in [9.17, 15) is 20.4 Å². The molecule has 1 aliphatic heterocycles. The first-order valence-corrected chi connectivity index (χ1v) is 11.1. The van der Waals surface area contributed by atoms with Crippen LogP contribution in [0.1, 0.15) is 27.3 Å². The van der Waals surface area contributed by atoms with Gasteiger partial charge < -0.3 is 15.4 Å². The first-order chi connectivity index (χ1) is 16.8. The lowest BCUT2D eigenvalue weighted by atomic mass is 9.95. The average molecular weight is 485 g/mol. The lowest BCUT2D eigenvalue weighted by Crippen LogP contribution is -2.40. The third-order valence-corrected chi connectivity index (χ3v) is 6.21. The van der Waals surface area contributed by atoms with Gasteiger partial charge >= 0.3 is 5.97 Å². The molecule has 2 atom stereocenters. The summed E-state index contributed by atoms with van der Waals surface area (Å²) in [7, 11) is 0. The Morgan fingerprint density at radius 2 is 1.86 bits per heavy atom. The summed E-state index contributed by atoms with van der Waals surface area (Å²) in [5.74, 6) is -1.89. The summed E-state index contributed by atoms with van der Waals surface area (Å²) in [4.78, 5) is 11.3. The Morgan fingerprint density at radius 3 is 2.46 bits per heavy atom. The molecule has 0 amide bonds. The Balaban J connectivity index is 1.76. The Hall–Kier alpha value is -4.37. The summed E-state index contributed by atoms with van der Waals surface area (Å²) in [6.45, 7) is 3.78. The number of carboxylic acid groups (broad SMARTS) is 1. The molecule has 1 aliphatic rings. The van der Waals surface area contributed by atoms with Gasteiger partial charge in [0, 0.05) is 17.1 Å². The Morgan fingerprint density at radius 1 is 1.14 bits per heavy atom. The van der Waals surface area contributed by atoms with Crippen LogP contribution in [-0.2, 0) is 0 Å². The van der Waals surface area contributed by atoms with Crippen LogP contribution < -0.4 is 10.7 Å². The monoisotopic (exact) mass is 484 g/mol. The standard InChI is InChI=1S/C26H21ClN6O2/c1-15-10-17(16(2)32(15)20-8-9-21(26(34)35)23(27)12-20)11-18(13-28)24-22(14-29)25(30)33(31-24)19-6-4-3-5-7-19/h3-12,22,25H,30H2,1-2H3,(H,34,35)/b18-11-/t22-,25+/m0/s1. The molecule has 0 aliphatic carbocycles. The second-order valence-corrected chi connectivity index (χ2v) is 8.47. The van der Waals surface area contributed by atoms with Crippen molar-refractivity contribution < 1.29 is 9.90 Å². The number of aromatic nitrogens is 1. The summed E-state index contributed by atoms with van der Waals surface area (Å²) < 4.78 is 1.92. The maximum Gasteiger partial charge on any atom is 0.337 e. The van der Waals surface area contributed by atoms with Crippen molar-refractivity contribution in [1.29, 1.82) is 10.5 Å². The molecule has 174 valence electrons. The SMILES string of the molecule is Cc1cc(/C=C(/C#N)C2=NN(c3ccccc3)[C@@H](N)[C@H]2C#N)c(C)n1-c1ccc(C(=O)O)c(Cl)c1. The second kappa shape index (κ2) is 9.47. The zero-order chi connectivity index (χ0) is 25.3. The largest absolute Gasteiger partial charge is 0.478 e. The smallest absolute Gasteiger partial charge is 0.337 e. The molecule has 0 fully saturated rings. The maximum atomic E-state index is 11.3. The molecule has 9 heteroatoms. The summed E-state index contributed by atoms with van der Waals surface area (Å²) in [5, 5.41) is 35.2. The van der Waals surface area contributed by atoms with E-state index in [-0.39, 0.29) is 16.2 Å². The number of carboxylic acids is 1. The number of nitriles is 2. The molecule has 35 heavy (non-hydrogen) atoms. The van der Waals surface area contributed by atoms with Crippen molar-refractivity contribution in [2.24, 2.45) is 16.8 Å². The van der Waals surface area contributed by atoms with Gasteiger partial charge in [-0.1, -0.05) is 29.8 Å². The molecule has 0 radical (unpaired) electrons. The average Bonchev–Trinajstić information content (AvgIpc) is 3.32. The fourth-order valence-corrected chi connectivity index (χ4v) is 4.44. The van der Waals surface area contributed by atoms with Gasteiger partial charge in [0.2, 0.25) is 0 Å². The molecular weight excluding hydrogens is 464 g/mol. The first-order valence-electron chi connectivity index (χ1n) is 10.7. The summed E-state index contributed by atoms with van der Waals surface area (Å²) >= 11 is 6.18. The van der Waals surface area contributed by atoms with Gasteiger partial charge in [-0.05, 0) is 61.9 Å². The Kier molecular flexibility index (Phi) is 6.44. The molecule has 0 saturated carbocycles. The highest BCUT2D eigenvalue weighted by Gasteiger charge is 2.37. The number of aryl methyl sites for hydroxylation is 1. The molecule has 2 aromatic carbocycles. The number of nitrogens with zero attached hydrogens (tertiary/aromatic N) is 5. The number of anilines is 1. The number of hydrogen-bond acceptors (Lipinski definition) is 6. The van der Waals surface area contributed by atoms with Crippen LogP contribution in [0.2, 0.25) is 5.02 Å². The molecule has 2 heterocycles. The van der Waals surface area contributed by atoms with E-state index in [1.807, 2.05) is 54.8 Å². The molecule has 0 spiro atoms. The minimum absolute atomic E-state index is 0.0193. The second-order valence-electron chi connectivity index (χ2n) is 8.06. The van der Waals surface area contributed by atoms with Crippen LogP contribution in [-0.4, -0.2) is 27.5 Å². The van der Waals surface area contributed by atoms with Gasteiger partial charge in [0.25, 0.3) is 0 Å². The number of nitrogens with two attached hydrogens (primary N) is 1. The number of benzene rings is 2. The van der Waals surface area contributed by atoms with Crippen molar-refractivity contribution in [3.8, 4) is 17.8 Å². The molecule has 0 saturated heterocycles. The zero-order valence-electron chi connectivity index (χ0n) is 19.0.